The third kappa shape index (κ3) is 2.37. The van der Waals surface area contributed by atoms with Crippen molar-refractivity contribution in [3.8, 4) is 22.6 Å². The quantitative estimate of drug-likeness (QED) is 0.735. The number of hydrogen-bond donors (Lipinski definition) is 1. The Morgan fingerprint density at radius 2 is 1.85 bits per heavy atom. The Hall–Kier alpha value is -1.98. The zero-order chi connectivity index (χ0) is 14.1. The summed E-state index contributed by atoms with van der Waals surface area (Å²) in [7, 11) is 0. The summed E-state index contributed by atoms with van der Waals surface area (Å²) in [5, 5.41) is 10.7. The molecule has 3 rings (SSSR count). The highest BCUT2D eigenvalue weighted by Gasteiger charge is 2.15. The van der Waals surface area contributed by atoms with Crippen molar-refractivity contribution in [2.75, 3.05) is 0 Å². The number of benzene rings is 1. The Labute approximate surface area is 125 Å². The minimum absolute atomic E-state index is 0.286. The molecular weight excluding hydrogens is 297 g/mol. The first-order valence-corrected chi connectivity index (χ1v) is 6.57. The maximum atomic E-state index is 6.24. The standard InChI is InChI=1S/C13H9Cl2N5/c1-7-3-2-4-8(5-7)10-11(14)17-13(18-12(10)15)9-6-16-20-19-9/h2-6H,1H3,(H,16,19,20). The summed E-state index contributed by atoms with van der Waals surface area (Å²) in [4.78, 5) is 8.46. The topological polar surface area (TPSA) is 67.3 Å². The summed E-state index contributed by atoms with van der Waals surface area (Å²) >= 11 is 12.5. The van der Waals surface area contributed by atoms with Crippen LogP contribution < -0.4 is 0 Å². The van der Waals surface area contributed by atoms with Gasteiger partial charge in [-0.15, -0.1) is 0 Å². The lowest BCUT2D eigenvalue weighted by atomic mass is 10.1. The van der Waals surface area contributed by atoms with Gasteiger partial charge in [-0.3, -0.25) is 0 Å². The molecule has 3 aromatic rings. The molecule has 5 nitrogen and oxygen atoms in total. The molecule has 0 radical (unpaired) electrons. The summed E-state index contributed by atoms with van der Waals surface area (Å²) in [6.45, 7) is 2.00. The van der Waals surface area contributed by atoms with E-state index in [1.165, 1.54) is 6.20 Å². The second-order valence-corrected chi connectivity index (χ2v) is 4.94. The fourth-order valence-electron chi connectivity index (χ4n) is 1.87. The summed E-state index contributed by atoms with van der Waals surface area (Å²) < 4.78 is 0. The number of rotatable bonds is 2. The summed E-state index contributed by atoms with van der Waals surface area (Å²) in [5.41, 5.74) is 3.09. The number of aryl methyl sites for hydroxylation is 1. The molecule has 20 heavy (non-hydrogen) atoms. The zero-order valence-corrected chi connectivity index (χ0v) is 11.9. The van der Waals surface area contributed by atoms with Gasteiger partial charge < -0.3 is 0 Å². The normalized spacial score (nSPS) is 10.8. The van der Waals surface area contributed by atoms with Gasteiger partial charge in [-0.25, -0.2) is 9.97 Å². The number of aromatic nitrogens is 5. The zero-order valence-electron chi connectivity index (χ0n) is 10.4. The maximum Gasteiger partial charge on any atom is 0.184 e. The van der Waals surface area contributed by atoms with Gasteiger partial charge in [0.15, 0.2) is 5.82 Å². The van der Waals surface area contributed by atoms with Crippen molar-refractivity contribution in [1.82, 2.24) is 25.4 Å². The van der Waals surface area contributed by atoms with Crippen LogP contribution in [0.4, 0.5) is 0 Å². The van der Waals surface area contributed by atoms with E-state index in [0.717, 1.165) is 11.1 Å². The summed E-state index contributed by atoms with van der Waals surface area (Å²) in [6.07, 6.45) is 1.51. The lowest BCUT2D eigenvalue weighted by Gasteiger charge is -2.08. The highest BCUT2D eigenvalue weighted by Crippen LogP contribution is 2.34. The van der Waals surface area contributed by atoms with Crippen LogP contribution in [0.15, 0.2) is 30.5 Å². The van der Waals surface area contributed by atoms with Crippen LogP contribution in [0.2, 0.25) is 10.3 Å². The summed E-state index contributed by atoms with van der Waals surface area (Å²) in [5.74, 6) is 0.338. The molecule has 1 aromatic carbocycles. The van der Waals surface area contributed by atoms with Crippen molar-refractivity contribution in [1.29, 1.82) is 0 Å². The lowest BCUT2D eigenvalue weighted by molar-refractivity contribution is 0.938. The first kappa shape index (κ1) is 13.0. The highest BCUT2D eigenvalue weighted by molar-refractivity contribution is 6.37. The Kier molecular flexibility index (Phi) is 3.38. The molecule has 100 valence electrons. The van der Waals surface area contributed by atoms with E-state index in [0.29, 0.717) is 17.1 Å². The molecular formula is C13H9Cl2N5. The minimum atomic E-state index is 0.286. The molecule has 2 heterocycles. The average molecular weight is 306 g/mol. The van der Waals surface area contributed by atoms with Gasteiger partial charge in [0, 0.05) is 0 Å². The van der Waals surface area contributed by atoms with Crippen LogP contribution in [0.5, 0.6) is 0 Å². The predicted octanol–water partition coefficient (Wildman–Crippen LogP) is 3.54. The number of nitrogens with zero attached hydrogens (tertiary/aromatic N) is 4. The number of aromatic amines is 1. The molecule has 0 aliphatic carbocycles. The molecule has 0 unspecified atom stereocenters. The third-order valence-corrected chi connectivity index (χ3v) is 3.32. The van der Waals surface area contributed by atoms with Gasteiger partial charge in [0.2, 0.25) is 0 Å². The molecule has 0 saturated heterocycles. The van der Waals surface area contributed by atoms with E-state index < -0.39 is 0 Å². The van der Waals surface area contributed by atoms with Gasteiger partial charge in [-0.1, -0.05) is 53.0 Å². The molecule has 0 aliphatic heterocycles. The fourth-order valence-corrected chi connectivity index (χ4v) is 2.48. The van der Waals surface area contributed by atoms with E-state index >= 15 is 0 Å². The molecule has 0 saturated carbocycles. The number of halogens is 2. The minimum Gasteiger partial charge on any atom is -0.214 e. The molecule has 0 aliphatic rings. The van der Waals surface area contributed by atoms with Gasteiger partial charge in [0.05, 0.1) is 11.8 Å². The highest BCUT2D eigenvalue weighted by atomic mass is 35.5. The molecule has 0 amide bonds. The van der Waals surface area contributed by atoms with Gasteiger partial charge in [0.1, 0.15) is 16.0 Å². The van der Waals surface area contributed by atoms with Crippen LogP contribution in [0.25, 0.3) is 22.6 Å². The van der Waals surface area contributed by atoms with Crippen LogP contribution in [0, 0.1) is 6.92 Å². The van der Waals surface area contributed by atoms with E-state index in [2.05, 4.69) is 25.4 Å². The number of nitrogens with one attached hydrogen (secondary N) is 1. The smallest absolute Gasteiger partial charge is 0.184 e. The van der Waals surface area contributed by atoms with Crippen molar-refractivity contribution in [3.05, 3.63) is 46.3 Å². The number of hydrogen-bond acceptors (Lipinski definition) is 4. The van der Waals surface area contributed by atoms with Crippen molar-refractivity contribution < 1.29 is 0 Å². The maximum absolute atomic E-state index is 6.24. The second kappa shape index (κ2) is 5.19. The fraction of sp³-hybridized carbons (Fsp3) is 0.0769. The molecule has 0 fully saturated rings. The second-order valence-electron chi connectivity index (χ2n) is 4.23. The van der Waals surface area contributed by atoms with Crippen LogP contribution in [-0.4, -0.2) is 25.4 Å². The van der Waals surface area contributed by atoms with Crippen molar-refractivity contribution in [3.63, 3.8) is 0 Å². The SMILES string of the molecule is Cc1cccc(-c2c(Cl)nc(-c3cn[nH]n3)nc2Cl)c1. The Morgan fingerprint density at radius 1 is 1.10 bits per heavy atom. The van der Waals surface area contributed by atoms with Crippen LogP contribution in [0.3, 0.4) is 0 Å². The predicted molar refractivity (Wildman–Crippen MR) is 77.6 cm³/mol. The van der Waals surface area contributed by atoms with E-state index in [1.807, 2.05) is 31.2 Å². The molecule has 0 spiro atoms. The van der Waals surface area contributed by atoms with Gasteiger partial charge in [-0.2, -0.15) is 15.4 Å². The molecule has 7 heteroatoms. The molecule has 0 atom stereocenters. The van der Waals surface area contributed by atoms with E-state index in [1.54, 1.807) is 0 Å². The van der Waals surface area contributed by atoms with Crippen LogP contribution in [0.1, 0.15) is 5.56 Å². The first-order chi connectivity index (χ1) is 9.65. The Bertz CT molecular complexity index is 732. The molecule has 2 aromatic heterocycles. The van der Waals surface area contributed by atoms with Crippen molar-refractivity contribution in [2.24, 2.45) is 0 Å². The Morgan fingerprint density at radius 3 is 2.45 bits per heavy atom. The third-order valence-electron chi connectivity index (χ3n) is 2.77. The Balaban J connectivity index is 2.14. The average Bonchev–Trinajstić information content (AvgIpc) is 2.91. The van der Waals surface area contributed by atoms with E-state index in [4.69, 9.17) is 23.2 Å². The van der Waals surface area contributed by atoms with Crippen LogP contribution >= 0.6 is 23.2 Å². The first-order valence-electron chi connectivity index (χ1n) is 5.81. The molecule has 1 N–H and O–H groups in total. The van der Waals surface area contributed by atoms with Gasteiger partial charge in [-0.05, 0) is 12.5 Å². The van der Waals surface area contributed by atoms with E-state index in [-0.39, 0.29) is 10.3 Å². The number of H-pyrrole nitrogens is 1. The van der Waals surface area contributed by atoms with Gasteiger partial charge >= 0.3 is 0 Å². The summed E-state index contributed by atoms with van der Waals surface area (Å²) in [6, 6.07) is 7.82. The molecule has 0 bridgehead atoms. The largest absolute Gasteiger partial charge is 0.214 e. The van der Waals surface area contributed by atoms with Crippen molar-refractivity contribution >= 4 is 23.2 Å². The lowest BCUT2D eigenvalue weighted by Crippen LogP contribution is -1.95. The van der Waals surface area contributed by atoms with Gasteiger partial charge in [0.25, 0.3) is 0 Å². The monoisotopic (exact) mass is 305 g/mol. The van der Waals surface area contributed by atoms with Crippen molar-refractivity contribution in [2.45, 2.75) is 6.92 Å². The van der Waals surface area contributed by atoms with Crippen LogP contribution in [-0.2, 0) is 0 Å². The van der Waals surface area contributed by atoms with E-state index in [9.17, 15) is 0 Å².